The van der Waals surface area contributed by atoms with Crippen LogP contribution in [0.1, 0.15) is 54.3 Å². The van der Waals surface area contributed by atoms with Gasteiger partial charge in [0.05, 0.1) is 11.1 Å². The molecule has 2 aromatic carbocycles. The fourth-order valence-corrected chi connectivity index (χ4v) is 3.24. The fraction of sp³-hybridized carbons (Fsp3) is 0.375. The van der Waals surface area contributed by atoms with Crippen LogP contribution in [0, 0.1) is 5.82 Å². The van der Waals surface area contributed by atoms with Crippen LogP contribution < -0.4 is 5.32 Å². The van der Waals surface area contributed by atoms with Crippen LogP contribution in [-0.4, -0.2) is 47.7 Å². The zero-order valence-electron chi connectivity index (χ0n) is 18.4. The minimum atomic E-state index is -0.608. The van der Waals surface area contributed by atoms with Gasteiger partial charge in [-0.05, 0) is 57.2 Å². The van der Waals surface area contributed by atoms with Gasteiger partial charge in [-0.1, -0.05) is 12.1 Å². The maximum Gasteiger partial charge on any atom is 0.410 e. The van der Waals surface area contributed by atoms with E-state index in [4.69, 9.17) is 9.47 Å². The van der Waals surface area contributed by atoms with Crippen LogP contribution in [0.5, 0.6) is 0 Å². The van der Waals surface area contributed by atoms with Gasteiger partial charge >= 0.3 is 12.1 Å². The molecule has 0 atom stereocenters. The van der Waals surface area contributed by atoms with Crippen molar-refractivity contribution in [2.24, 2.45) is 0 Å². The van der Waals surface area contributed by atoms with E-state index < -0.39 is 23.3 Å². The third kappa shape index (κ3) is 6.29. The van der Waals surface area contributed by atoms with Gasteiger partial charge in [0.2, 0.25) is 0 Å². The van der Waals surface area contributed by atoms with Crippen molar-refractivity contribution in [1.82, 2.24) is 4.90 Å². The van der Waals surface area contributed by atoms with Crippen LogP contribution in [0.25, 0.3) is 0 Å². The summed E-state index contributed by atoms with van der Waals surface area (Å²) in [6, 6.07) is 11.9. The van der Waals surface area contributed by atoms with Crippen molar-refractivity contribution < 1.29 is 28.2 Å². The average molecular weight is 442 g/mol. The molecule has 1 aliphatic rings. The SMILES string of the molecule is CC(C)(C)OC(=O)N1CCC(OC(=O)c2ccc(NC(=O)c3ccccc3F)cc2)CC1. The highest BCUT2D eigenvalue weighted by Gasteiger charge is 2.28. The quantitative estimate of drug-likeness (QED) is 0.698. The molecule has 1 N–H and O–H groups in total. The van der Waals surface area contributed by atoms with Gasteiger partial charge in [-0.3, -0.25) is 4.79 Å². The molecule has 0 aliphatic carbocycles. The number of hydrogen-bond donors (Lipinski definition) is 1. The summed E-state index contributed by atoms with van der Waals surface area (Å²) in [5.41, 5.74) is 0.152. The van der Waals surface area contributed by atoms with E-state index in [0.717, 1.165) is 0 Å². The lowest BCUT2D eigenvalue weighted by atomic mass is 10.1. The van der Waals surface area contributed by atoms with Crippen LogP contribution in [0.15, 0.2) is 48.5 Å². The summed E-state index contributed by atoms with van der Waals surface area (Å²) in [7, 11) is 0. The monoisotopic (exact) mass is 442 g/mol. The molecule has 0 radical (unpaired) electrons. The zero-order chi connectivity index (χ0) is 23.3. The second-order valence-corrected chi connectivity index (χ2v) is 8.58. The second-order valence-electron chi connectivity index (χ2n) is 8.58. The summed E-state index contributed by atoms with van der Waals surface area (Å²) < 4.78 is 24.6. The number of piperidine rings is 1. The molecule has 0 bridgehead atoms. The van der Waals surface area contributed by atoms with E-state index in [1.165, 1.54) is 30.3 Å². The minimum absolute atomic E-state index is 0.0614. The lowest BCUT2D eigenvalue weighted by Gasteiger charge is -2.33. The smallest absolute Gasteiger partial charge is 0.410 e. The lowest BCUT2D eigenvalue weighted by Crippen LogP contribution is -2.43. The van der Waals surface area contributed by atoms with Gasteiger partial charge in [0.1, 0.15) is 17.5 Å². The topological polar surface area (TPSA) is 84.9 Å². The van der Waals surface area contributed by atoms with Crippen LogP contribution in [0.4, 0.5) is 14.9 Å². The third-order valence-electron chi connectivity index (χ3n) is 4.86. The van der Waals surface area contributed by atoms with Gasteiger partial charge in [-0.25, -0.2) is 14.0 Å². The molecular weight excluding hydrogens is 415 g/mol. The Balaban J connectivity index is 1.50. The Labute approximate surface area is 186 Å². The first kappa shape index (κ1) is 23.2. The molecular formula is C24H27FN2O5. The largest absolute Gasteiger partial charge is 0.459 e. The average Bonchev–Trinajstić information content (AvgIpc) is 2.73. The second kappa shape index (κ2) is 9.80. The van der Waals surface area contributed by atoms with Crippen molar-refractivity contribution in [3.63, 3.8) is 0 Å². The molecule has 2 aromatic rings. The van der Waals surface area contributed by atoms with E-state index in [1.807, 2.05) is 20.8 Å². The van der Waals surface area contributed by atoms with E-state index in [0.29, 0.717) is 37.2 Å². The predicted octanol–water partition coefficient (Wildman–Crippen LogP) is 4.63. The van der Waals surface area contributed by atoms with Crippen molar-refractivity contribution in [3.05, 3.63) is 65.5 Å². The first-order valence-corrected chi connectivity index (χ1v) is 10.5. The maximum absolute atomic E-state index is 13.7. The number of rotatable bonds is 4. The Morgan fingerprint density at radius 2 is 1.62 bits per heavy atom. The normalized spacial score (nSPS) is 14.6. The summed E-state index contributed by atoms with van der Waals surface area (Å²) in [5.74, 6) is -1.66. The van der Waals surface area contributed by atoms with Gasteiger partial charge < -0.3 is 19.7 Å². The number of hydrogen-bond acceptors (Lipinski definition) is 5. The summed E-state index contributed by atoms with van der Waals surface area (Å²) >= 11 is 0. The van der Waals surface area contributed by atoms with Gasteiger partial charge in [-0.15, -0.1) is 0 Å². The third-order valence-corrected chi connectivity index (χ3v) is 4.86. The van der Waals surface area contributed by atoms with E-state index in [2.05, 4.69) is 5.32 Å². The first-order valence-electron chi connectivity index (χ1n) is 10.5. The summed E-state index contributed by atoms with van der Waals surface area (Å²) in [6.07, 6.45) is 0.403. The first-order chi connectivity index (χ1) is 15.1. The van der Waals surface area contributed by atoms with E-state index >= 15 is 0 Å². The Kier molecular flexibility index (Phi) is 7.12. The number of halogens is 1. The fourth-order valence-electron chi connectivity index (χ4n) is 3.24. The highest BCUT2D eigenvalue weighted by atomic mass is 19.1. The Morgan fingerprint density at radius 1 is 1.00 bits per heavy atom. The molecule has 32 heavy (non-hydrogen) atoms. The number of anilines is 1. The number of ether oxygens (including phenoxy) is 2. The van der Waals surface area contributed by atoms with Gasteiger partial charge in [0, 0.05) is 31.6 Å². The Hall–Kier alpha value is -3.42. The van der Waals surface area contributed by atoms with Crippen molar-refractivity contribution in [1.29, 1.82) is 0 Å². The van der Waals surface area contributed by atoms with Crippen molar-refractivity contribution >= 4 is 23.7 Å². The highest BCUT2D eigenvalue weighted by molar-refractivity contribution is 6.04. The molecule has 0 unspecified atom stereocenters. The van der Waals surface area contributed by atoms with Gasteiger partial charge in [0.15, 0.2) is 0 Å². The number of likely N-dealkylation sites (tertiary alicyclic amines) is 1. The van der Waals surface area contributed by atoms with E-state index in [9.17, 15) is 18.8 Å². The summed E-state index contributed by atoms with van der Waals surface area (Å²) in [5, 5.41) is 2.60. The van der Waals surface area contributed by atoms with Gasteiger partial charge in [-0.2, -0.15) is 0 Å². The molecule has 170 valence electrons. The van der Waals surface area contributed by atoms with Gasteiger partial charge in [0.25, 0.3) is 5.91 Å². The minimum Gasteiger partial charge on any atom is -0.459 e. The predicted molar refractivity (Wildman–Crippen MR) is 117 cm³/mol. The number of carbonyl (C=O) groups excluding carboxylic acids is 3. The zero-order valence-corrected chi connectivity index (χ0v) is 18.4. The molecule has 1 fully saturated rings. The molecule has 0 aromatic heterocycles. The van der Waals surface area contributed by atoms with Crippen molar-refractivity contribution in [2.45, 2.75) is 45.3 Å². The highest BCUT2D eigenvalue weighted by Crippen LogP contribution is 2.20. The number of nitrogens with zero attached hydrogens (tertiary/aromatic N) is 1. The number of esters is 1. The lowest BCUT2D eigenvalue weighted by molar-refractivity contribution is -0.00341. The van der Waals surface area contributed by atoms with Crippen LogP contribution in [0.3, 0.4) is 0 Å². The van der Waals surface area contributed by atoms with Crippen molar-refractivity contribution in [2.75, 3.05) is 18.4 Å². The molecule has 0 saturated carbocycles. The van der Waals surface area contributed by atoms with Crippen molar-refractivity contribution in [3.8, 4) is 0 Å². The number of amides is 2. The summed E-state index contributed by atoms with van der Waals surface area (Å²) in [4.78, 5) is 38.4. The number of benzene rings is 2. The maximum atomic E-state index is 13.7. The molecule has 1 heterocycles. The Morgan fingerprint density at radius 3 is 2.22 bits per heavy atom. The van der Waals surface area contributed by atoms with Crippen LogP contribution in [-0.2, 0) is 9.47 Å². The number of nitrogens with one attached hydrogen (secondary N) is 1. The van der Waals surface area contributed by atoms with E-state index in [1.54, 1.807) is 23.1 Å². The molecule has 1 saturated heterocycles. The number of carbonyl (C=O) groups is 3. The van der Waals surface area contributed by atoms with Crippen LogP contribution in [0.2, 0.25) is 0 Å². The summed E-state index contributed by atoms with van der Waals surface area (Å²) in [6.45, 7) is 6.35. The Bertz CT molecular complexity index is 977. The molecule has 8 heteroatoms. The molecule has 0 spiro atoms. The molecule has 2 amide bonds. The molecule has 7 nitrogen and oxygen atoms in total. The standard InChI is InChI=1S/C24H27FN2O5/c1-24(2,3)32-23(30)27-14-12-18(13-15-27)31-22(29)16-8-10-17(11-9-16)26-21(28)19-6-4-5-7-20(19)25/h4-11,18H,12-15H2,1-3H3,(H,26,28). The van der Waals surface area contributed by atoms with Crippen LogP contribution >= 0.6 is 0 Å². The molecule has 3 rings (SSSR count). The molecule has 1 aliphatic heterocycles. The van der Waals surface area contributed by atoms with E-state index in [-0.39, 0.29) is 17.8 Å².